The van der Waals surface area contributed by atoms with Gasteiger partial charge < -0.3 is 0 Å². The van der Waals surface area contributed by atoms with Crippen molar-refractivity contribution in [3.63, 3.8) is 0 Å². The lowest BCUT2D eigenvalue weighted by atomic mass is 9.99. The lowest BCUT2D eigenvalue weighted by Crippen LogP contribution is -2.32. The zero-order valence-corrected chi connectivity index (χ0v) is 13.8. The van der Waals surface area contributed by atoms with Gasteiger partial charge in [-0.1, -0.05) is 36.4 Å². The molecule has 0 unspecified atom stereocenters. The number of hydrogen-bond donors (Lipinski definition) is 1. The molecule has 1 aliphatic rings. The molecule has 0 radical (unpaired) electrons. The van der Waals surface area contributed by atoms with Crippen molar-refractivity contribution in [1.82, 2.24) is 25.1 Å². The molecule has 2 atom stereocenters. The Morgan fingerprint density at radius 2 is 1.96 bits per heavy atom. The summed E-state index contributed by atoms with van der Waals surface area (Å²) in [5, 5.41) is 8.28. The maximum absolute atomic E-state index is 4.64. The fraction of sp³-hybridized carbons (Fsp3) is 0.316. The molecule has 0 amide bonds. The van der Waals surface area contributed by atoms with Crippen molar-refractivity contribution in [3.8, 4) is 0 Å². The monoisotopic (exact) mass is 319 g/mol. The molecule has 1 N–H and O–H groups in total. The van der Waals surface area contributed by atoms with Gasteiger partial charge in [0.15, 0.2) is 0 Å². The van der Waals surface area contributed by atoms with E-state index in [0.717, 1.165) is 36.7 Å². The standard InChI is InChI=1S/C19H21N5/c1-14-21-19-17(11-7-13-24(19)23-14)22-18(15-8-3-2-4-9-15)16-10-5-6-12-20-16/h2-6,8-10,12,17-18,22H,7,11,13H2,1H3/t17-,18+/m1/s1. The van der Waals surface area contributed by atoms with E-state index < -0.39 is 0 Å². The van der Waals surface area contributed by atoms with Crippen molar-refractivity contribution in [3.05, 3.63) is 77.6 Å². The second kappa shape index (κ2) is 6.53. The smallest absolute Gasteiger partial charge is 0.147 e. The van der Waals surface area contributed by atoms with E-state index >= 15 is 0 Å². The number of hydrogen-bond acceptors (Lipinski definition) is 4. The molecule has 1 aromatic carbocycles. The average molecular weight is 319 g/mol. The van der Waals surface area contributed by atoms with Crippen LogP contribution in [-0.2, 0) is 6.54 Å². The third-order valence-electron chi connectivity index (χ3n) is 4.46. The van der Waals surface area contributed by atoms with Crippen LogP contribution in [0.5, 0.6) is 0 Å². The van der Waals surface area contributed by atoms with E-state index in [1.54, 1.807) is 0 Å². The Bertz CT molecular complexity index is 758. The third kappa shape index (κ3) is 2.95. The average Bonchev–Trinajstić information content (AvgIpc) is 3.02. The minimum Gasteiger partial charge on any atom is -0.295 e. The van der Waals surface area contributed by atoms with Crippen LogP contribution in [0, 0.1) is 6.92 Å². The molecule has 3 heterocycles. The number of nitrogens with one attached hydrogen (secondary N) is 1. The molecule has 0 bridgehead atoms. The van der Waals surface area contributed by atoms with Crippen molar-refractivity contribution in [2.75, 3.05) is 0 Å². The SMILES string of the molecule is Cc1nc2n(n1)CCC[C@H]2N[C@@H](c1ccccc1)c1ccccn1. The highest BCUT2D eigenvalue weighted by atomic mass is 15.4. The Kier molecular flexibility index (Phi) is 4.09. The van der Waals surface area contributed by atoms with Crippen LogP contribution in [-0.4, -0.2) is 19.7 Å². The quantitative estimate of drug-likeness (QED) is 0.802. The van der Waals surface area contributed by atoms with Gasteiger partial charge in [0.2, 0.25) is 0 Å². The highest BCUT2D eigenvalue weighted by Crippen LogP contribution is 2.29. The van der Waals surface area contributed by atoms with Crippen LogP contribution < -0.4 is 5.32 Å². The van der Waals surface area contributed by atoms with E-state index in [0.29, 0.717) is 0 Å². The van der Waals surface area contributed by atoms with E-state index in [1.807, 2.05) is 36.0 Å². The van der Waals surface area contributed by atoms with Crippen LogP contribution in [0.1, 0.15) is 47.8 Å². The molecular formula is C19H21N5. The summed E-state index contributed by atoms with van der Waals surface area (Å²) in [5.74, 6) is 1.88. The normalized spacial score (nSPS) is 18.1. The van der Waals surface area contributed by atoms with Gasteiger partial charge >= 0.3 is 0 Å². The van der Waals surface area contributed by atoms with Crippen LogP contribution >= 0.6 is 0 Å². The summed E-state index contributed by atoms with van der Waals surface area (Å²) in [6, 6.07) is 16.8. The van der Waals surface area contributed by atoms with E-state index in [4.69, 9.17) is 0 Å². The summed E-state index contributed by atoms with van der Waals surface area (Å²) >= 11 is 0. The Balaban J connectivity index is 1.68. The predicted molar refractivity (Wildman–Crippen MR) is 92.4 cm³/mol. The van der Waals surface area contributed by atoms with Crippen molar-refractivity contribution in [2.45, 2.75) is 38.4 Å². The van der Waals surface area contributed by atoms with Crippen molar-refractivity contribution >= 4 is 0 Å². The Labute approximate surface area is 141 Å². The number of benzene rings is 1. The fourth-order valence-electron chi connectivity index (χ4n) is 3.37. The van der Waals surface area contributed by atoms with Crippen LogP contribution in [0.4, 0.5) is 0 Å². The van der Waals surface area contributed by atoms with Gasteiger partial charge in [0.1, 0.15) is 11.6 Å². The first-order valence-electron chi connectivity index (χ1n) is 8.44. The first-order valence-corrected chi connectivity index (χ1v) is 8.44. The number of nitrogens with zero attached hydrogens (tertiary/aromatic N) is 4. The molecule has 0 fully saturated rings. The number of aryl methyl sites for hydroxylation is 2. The number of rotatable bonds is 4. The topological polar surface area (TPSA) is 55.6 Å². The summed E-state index contributed by atoms with van der Waals surface area (Å²) in [6.45, 7) is 2.91. The first kappa shape index (κ1) is 15.0. The van der Waals surface area contributed by atoms with Gasteiger partial charge in [0.05, 0.1) is 17.8 Å². The fourth-order valence-corrected chi connectivity index (χ4v) is 3.37. The predicted octanol–water partition coefficient (Wildman–Crippen LogP) is 3.20. The number of aromatic nitrogens is 4. The van der Waals surface area contributed by atoms with Gasteiger partial charge in [0, 0.05) is 12.7 Å². The maximum Gasteiger partial charge on any atom is 0.147 e. The second-order valence-electron chi connectivity index (χ2n) is 6.20. The Hall–Kier alpha value is -2.53. The molecule has 0 saturated heterocycles. The molecule has 122 valence electrons. The van der Waals surface area contributed by atoms with Crippen LogP contribution in [0.2, 0.25) is 0 Å². The minimum absolute atomic E-state index is 0.0426. The van der Waals surface area contributed by atoms with Crippen molar-refractivity contribution < 1.29 is 0 Å². The largest absolute Gasteiger partial charge is 0.295 e. The number of pyridine rings is 1. The highest BCUT2D eigenvalue weighted by Gasteiger charge is 2.27. The lowest BCUT2D eigenvalue weighted by molar-refractivity contribution is 0.349. The van der Waals surface area contributed by atoms with E-state index in [2.05, 4.69) is 50.7 Å². The molecule has 2 aromatic heterocycles. The zero-order valence-electron chi connectivity index (χ0n) is 13.8. The van der Waals surface area contributed by atoms with Gasteiger partial charge in [0.25, 0.3) is 0 Å². The van der Waals surface area contributed by atoms with Gasteiger partial charge in [-0.15, -0.1) is 0 Å². The zero-order chi connectivity index (χ0) is 16.4. The molecular weight excluding hydrogens is 298 g/mol. The highest BCUT2D eigenvalue weighted by molar-refractivity contribution is 5.28. The van der Waals surface area contributed by atoms with Gasteiger partial charge in [-0.05, 0) is 37.5 Å². The molecule has 0 saturated carbocycles. The van der Waals surface area contributed by atoms with E-state index in [1.165, 1.54) is 5.56 Å². The Morgan fingerprint density at radius 3 is 2.75 bits per heavy atom. The van der Waals surface area contributed by atoms with Crippen molar-refractivity contribution in [2.24, 2.45) is 0 Å². The molecule has 3 aromatic rings. The van der Waals surface area contributed by atoms with Crippen molar-refractivity contribution in [1.29, 1.82) is 0 Å². The molecule has 5 nitrogen and oxygen atoms in total. The van der Waals surface area contributed by atoms with Crippen LogP contribution in [0.3, 0.4) is 0 Å². The minimum atomic E-state index is 0.0426. The number of fused-ring (bicyclic) bond motifs is 1. The van der Waals surface area contributed by atoms with Gasteiger partial charge in [-0.2, -0.15) is 5.10 Å². The first-order chi connectivity index (χ1) is 11.8. The molecule has 4 rings (SSSR count). The van der Waals surface area contributed by atoms with Gasteiger partial charge in [-0.3, -0.25) is 10.3 Å². The lowest BCUT2D eigenvalue weighted by Gasteiger charge is -2.28. The Morgan fingerprint density at radius 1 is 1.12 bits per heavy atom. The van der Waals surface area contributed by atoms with E-state index in [-0.39, 0.29) is 12.1 Å². The maximum atomic E-state index is 4.64. The molecule has 5 heteroatoms. The molecule has 24 heavy (non-hydrogen) atoms. The molecule has 0 spiro atoms. The second-order valence-corrected chi connectivity index (χ2v) is 6.20. The van der Waals surface area contributed by atoms with Crippen LogP contribution in [0.15, 0.2) is 54.7 Å². The summed E-state index contributed by atoms with van der Waals surface area (Å²) < 4.78 is 2.04. The van der Waals surface area contributed by atoms with E-state index in [9.17, 15) is 0 Å². The summed E-state index contributed by atoms with van der Waals surface area (Å²) in [6.07, 6.45) is 4.02. The third-order valence-corrected chi connectivity index (χ3v) is 4.46. The van der Waals surface area contributed by atoms with Crippen LogP contribution in [0.25, 0.3) is 0 Å². The van der Waals surface area contributed by atoms with Gasteiger partial charge in [-0.25, -0.2) is 9.67 Å². The molecule has 1 aliphatic heterocycles. The summed E-state index contributed by atoms with van der Waals surface area (Å²) in [5.41, 5.74) is 2.24. The summed E-state index contributed by atoms with van der Waals surface area (Å²) in [7, 11) is 0. The molecule has 0 aliphatic carbocycles. The summed E-state index contributed by atoms with van der Waals surface area (Å²) in [4.78, 5) is 9.22.